The Morgan fingerprint density at radius 1 is 1.80 bits per heavy atom. The maximum atomic E-state index is 10.5. The summed E-state index contributed by atoms with van der Waals surface area (Å²) in [6.45, 7) is 0.637. The summed E-state index contributed by atoms with van der Waals surface area (Å²) in [5.74, 6) is 1.19. The highest BCUT2D eigenvalue weighted by Crippen LogP contribution is 2.09. The van der Waals surface area contributed by atoms with E-state index in [4.69, 9.17) is 5.73 Å². The van der Waals surface area contributed by atoms with Crippen molar-refractivity contribution in [3.05, 3.63) is 5.57 Å². The first-order chi connectivity index (χ1) is 4.75. The van der Waals surface area contributed by atoms with Gasteiger partial charge in [-0.3, -0.25) is 4.79 Å². The van der Waals surface area contributed by atoms with Gasteiger partial charge in [-0.25, -0.2) is 4.79 Å². The minimum absolute atomic E-state index is 0.438. The molecule has 0 saturated carbocycles. The number of hydrogen-bond acceptors (Lipinski definition) is 3. The van der Waals surface area contributed by atoms with Crippen LogP contribution in [0.4, 0.5) is 0 Å². The van der Waals surface area contributed by atoms with Gasteiger partial charge < -0.3 is 11.1 Å². The zero-order valence-electron chi connectivity index (χ0n) is 5.39. The van der Waals surface area contributed by atoms with Crippen molar-refractivity contribution in [3.8, 4) is 0 Å². The second-order valence-electron chi connectivity index (χ2n) is 2.17. The van der Waals surface area contributed by atoms with Crippen LogP contribution in [0.3, 0.4) is 0 Å². The molecule has 1 amide bonds. The van der Waals surface area contributed by atoms with Gasteiger partial charge in [0, 0.05) is 12.1 Å². The van der Waals surface area contributed by atoms with Gasteiger partial charge in [0.05, 0.1) is 0 Å². The van der Waals surface area contributed by atoms with Crippen molar-refractivity contribution in [1.29, 1.82) is 0 Å². The van der Waals surface area contributed by atoms with Gasteiger partial charge >= 0.3 is 0 Å². The van der Waals surface area contributed by atoms with E-state index >= 15 is 0 Å². The number of amides is 1. The van der Waals surface area contributed by atoms with E-state index in [9.17, 15) is 9.59 Å². The Bertz CT molecular complexity index is 206. The molecule has 10 heavy (non-hydrogen) atoms. The molecule has 54 valence electrons. The van der Waals surface area contributed by atoms with Gasteiger partial charge in [-0.2, -0.15) is 0 Å². The molecule has 4 heteroatoms. The lowest BCUT2D eigenvalue weighted by atomic mass is 10.1. The van der Waals surface area contributed by atoms with Crippen LogP contribution in [-0.4, -0.2) is 24.4 Å². The highest BCUT2D eigenvalue weighted by molar-refractivity contribution is 5.86. The van der Waals surface area contributed by atoms with E-state index in [1.165, 1.54) is 0 Å². The van der Waals surface area contributed by atoms with E-state index < -0.39 is 11.9 Å². The quantitative estimate of drug-likeness (QED) is 0.439. The number of carbonyl (C=O) groups excluding carboxylic acids is 2. The third-order valence-corrected chi connectivity index (χ3v) is 1.51. The molecular weight excluding hydrogens is 132 g/mol. The lowest BCUT2D eigenvalue weighted by Gasteiger charge is -2.02. The molecule has 0 aromatic rings. The summed E-state index contributed by atoms with van der Waals surface area (Å²) >= 11 is 0. The number of carbonyl (C=O) groups is 1. The number of hydrogen-bond donors (Lipinski definition) is 2. The Balaban J connectivity index is 2.78. The molecule has 3 N–H and O–H groups in total. The summed E-state index contributed by atoms with van der Waals surface area (Å²) in [7, 11) is 0. The monoisotopic (exact) mass is 140 g/mol. The van der Waals surface area contributed by atoms with Crippen molar-refractivity contribution in [3.63, 3.8) is 0 Å². The summed E-state index contributed by atoms with van der Waals surface area (Å²) in [6, 6.07) is -0.572. The van der Waals surface area contributed by atoms with E-state index in [-0.39, 0.29) is 0 Å². The van der Waals surface area contributed by atoms with Crippen molar-refractivity contribution in [2.75, 3.05) is 6.54 Å². The van der Waals surface area contributed by atoms with Crippen LogP contribution >= 0.6 is 0 Å². The molecule has 1 aliphatic rings. The zero-order valence-corrected chi connectivity index (χ0v) is 5.39. The summed E-state index contributed by atoms with van der Waals surface area (Å²) in [5.41, 5.74) is 5.40. The average Bonchev–Trinajstić information content (AvgIpc) is 2.33. The fourth-order valence-electron chi connectivity index (χ4n) is 1.00. The molecule has 1 rings (SSSR count). The largest absolute Gasteiger partial charge is 0.368 e. The lowest BCUT2D eigenvalue weighted by Crippen LogP contribution is -2.37. The Kier molecular flexibility index (Phi) is 1.85. The first-order valence-corrected chi connectivity index (χ1v) is 3.02. The van der Waals surface area contributed by atoms with Gasteiger partial charge in [-0.05, 0) is 6.42 Å². The molecule has 0 aromatic carbocycles. The Hall–Kier alpha value is -1.12. The molecule has 0 spiro atoms. The fraction of sp³-hybridized carbons (Fsp3) is 0.500. The van der Waals surface area contributed by atoms with Crippen molar-refractivity contribution in [2.45, 2.75) is 12.5 Å². The van der Waals surface area contributed by atoms with Crippen molar-refractivity contribution in [2.24, 2.45) is 5.73 Å². The smallest absolute Gasteiger partial charge is 0.239 e. The summed E-state index contributed by atoms with van der Waals surface area (Å²) in [5, 5.41) is 2.78. The predicted molar refractivity (Wildman–Crippen MR) is 34.8 cm³/mol. The predicted octanol–water partition coefficient (Wildman–Crippen LogP) is -1.41. The molecule has 1 atom stereocenters. The van der Waals surface area contributed by atoms with E-state index in [0.29, 0.717) is 18.5 Å². The Morgan fingerprint density at radius 3 is 2.90 bits per heavy atom. The molecule has 4 nitrogen and oxygen atoms in total. The molecule has 1 unspecified atom stereocenters. The third-order valence-electron chi connectivity index (χ3n) is 1.51. The van der Waals surface area contributed by atoms with Crippen molar-refractivity contribution < 1.29 is 9.59 Å². The van der Waals surface area contributed by atoms with Crippen molar-refractivity contribution in [1.82, 2.24) is 5.32 Å². The van der Waals surface area contributed by atoms with Gasteiger partial charge in [0.1, 0.15) is 12.0 Å². The molecule has 0 radical (unpaired) electrons. The fourth-order valence-corrected chi connectivity index (χ4v) is 1.00. The topological polar surface area (TPSA) is 72.2 Å². The average molecular weight is 140 g/mol. The number of nitrogens with one attached hydrogen (secondary N) is 1. The SMILES string of the molecule is NC(=O)C1NCCC1=C=O. The van der Waals surface area contributed by atoms with Crippen LogP contribution in [0.5, 0.6) is 0 Å². The van der Waals surface area contributed by atoms with E-state index in [1.807, 2.05) is 0 Å². The van der Waals surface area contributed by atoms with E-state index in [2.05, 4.69) is 5.32 Å². The molecule has 1 heterocycles. The molecule has 0 aromatic heterocycles. The highest BCUT2D eigenvalue weighted by atomic mass is 16.1. The summed E-state index contributed by atoms with van der Waals surface area (Å²) in [6.07, 6.45) is 0.580. The van der Waals surface area contributed by atoms with Gasteiger partial charge in [0.25, 0.3) is 0 Å². The summed E-state index contributed by atoms with van der Waals surface area (Å²) in [4.78, 5) is 20.6. The molecule has 0 bridgehead atoms. The van der Waals surface area contributed by atoms with E-state index in [0.717, 1.165) is 0 Å². The van der Waals surface area contributed by atoms with Crippen LogP contribution in [0.25, 0.3) is 0 Å². The Labute approximate surface area is 58.1 Å². The van der Waals surface area contributed by atoms with Gasteiger partial charge in [0.15, 0.2) is 0 Å². The highest BCUT2D eigenvalue weighted by Gasteiger charge is 2.25. The third kappa shape index (κ3) is 1.07. The van der Waals surface area contributed by atoms with Gasteiger partial charge in [-0.15, -0.1) is 0 Å². The van der Waals surface area contributed by atoms with Crippen molar-refractivity contribution >= 4 is 11.8 Å². The van der Waals surface area contributed by atoms with E-state index in [1.54, 1.807) is 5.94 Å². The normalized spacial score (nSPS) is 24.4. The number of nitrogens with two attached hydrogens (primary N) is 1. The van der Waals surface area contributed by atoms with Crippen LogP contribution in [-0.2, 0) is 9.59 Å². The Morgan fingerprint density at radius 2 is 2.50 bits per heavy atom. The van der Waals surface area contributed by atoms with Crippen LogP contribution < -0.4 is 11.1 Å². The number of primary amides is 1. The van der Waals surface area contributed by atoms with Crippen LogP contribution in [0.15, 0.2) is 5.57 Å². The standard InChI is InChI=1S/C6H8N2O2/c7-6(10)5-4(3-9)1-2-8-5/h5,8H,1-2H2,(H2,7,10). The minimum atomic E-state index is -0.572. The first kappa shape index (κ1) is 6.99. The second-order valence-corrected chi connectivity index (χ2v) is 2.17. The van der Waals surface area contributed by atoms with Crippen LogP contribution in [0.2, 0.25) is 0 Å². The maximum Gasteiger partial charge on any atom is 0.239 e. The molecule has 1 aliphatic heterocycles. The lowest BCUT2D eigenvalue weighted by molar-refractivity contribution is -0.118. The van der Waals surface area contributed by atoms with Crippen LogP contribution in [0.1, 0.15) is 6.42 Å². The molecule has 1 fully saturated rings. The van der Waals surface area contributed by atoms with Crippen LogP contribution in [0, 0.1) is 0 Å². The molecule has 0 aliphatic carbocycles. The molecular formula is C6H8N2O2. The minimum Gasteiger partial charge on any atom is -0.368 e. The van der Waals surface area contributed by atoms with Gasteiger partial charge in [-0.1, -0.05) is 0 Å². The first-order valence-electron chi connectivity index (χ1n) is 3.02. The second kappa shape index (κ2) is 2.64. The molecule has 1 saturated heterocycles. The zero-order chi connectivity index (χ0) is 7.56. The van der Waals surface area contributed by atoms with Gasteiger partial charge in [0.2, 0.25) is 5.91 Å². The maximum absolute atomic E-state index is 10.5. The summed E-state index contributed by atoms with van der Waals surface area (Å²) < 4.78 is 0. The number of rotatable bonds is 1.